The number of amides is 1. The second-order valence-corrected chi connectivity index (χ2v) is 6.79. The third-order valence-electron chi connectivity index (χ3n) is 4.31. The number of halogens is 1. The Labute approximate surface area is 138 Å². The molecule has 1 heterocycles. The molecule has 2 atom stereocenters. The SMILES string of the molecule is N[C@@H]1CCC[C@H]1CC(=O)NCc1cc(Br)c2c(c1)OCCO2. The van der Waals surface area contributed by atoms with Gasteiger partial charge >= 0.3 is 0 Å². The van der Waals surface area contributed by atoms with Gasteiger partial charge in [-0.05, 0) is 52.4 Å². The minimum Gasteiger partial charge on any atom is -0.486 e. The predicted molar refractivity (Wildman–Crippen MR) is 86.9 cm³/mol. The summed E-state index contributed by atoms with van der Waals surface area (Å²) < 4.78 is 12.0. The van der Waals surface area contributed by atoms with E-state index in [4.69, 9.17) is 15.2 Å². The molecule has 1 saturated carbocycles. The van der Waals surface area contributed by atoms with Crippen molar-refractivity contribution in [2.75, 3.05) is 13.2 Å². The van der Waals surface area contributed by atoms with Crippen molar-refractivity contribution in [1.29, 1.82) is 0 Å². The zero-order valence-corrected chi connectivity index (χ0v) is 14.0. The van der Waals surface area contributed by atoms with E-state index in [1.54, 1.807) is 0 Å². The highest BCUT2D eigenvalue weighted by Crippen LogP contribution is 2.38. The Balaban J connectivity index is 1.57. The number of hydrogen-bond donors (Lipinski definition) is 2. The first kappa shape index (κ1) is 15.6. The lowest BCUT2D eigenvalue weighted by molar-refractivity contribution is -0.122. The Hall–Kier alpha value is -1.27. The van der Waals surface area contributed by atoms with Crippen LogP contribution in [0.1, 0.15) is 31.2 Å². The fraction of sp³-hybridized carbons (Fsp3) is 0.562. The molecule has 120 valence electrons. The molecule has 0 spiro atoms. The summed E-state index contributed by atoms with van der Waals surface area (Å²) in [5.74, 6) is 1.85. The zero-order chi connectivity index (χ0) is 15.5. The first-order chi connectivity index (χ1) is 10.6. The summed E-state index contributed by atoms with van der Waals surface area (Å²) in [7, 11) is 0. The van der Waals surface area contributed by atoms with E-state index in [1.165, 1.54) is 0 Å². The molecule has 0 radical (unpaired) electrons. The number of benzene rings is 1. The van der Waals surface area contributed by atoms with Gasteiger partial charge in [-0.25, -0.2) is 0 Å². The molecule has 0 aromatic heterocycles. The summed E-state index contributed by atoms with van der Waals surface area (Å²) in [6.07, 6.45) is 3.75. The highest BCUT2D eigenvalue weighted by molar-refractivity contribution is 9.10. The van der Waals surface area contributed by atoms with Gasteiger partial charge in [0.25, 0.3) is 0 Å². The van der Waals surface area contributed by atoms with Gasteiger partial charge in [-0.1, -0.05) is 6.42 Å². The third kappa shape index (κ3) is 3.55. The minimum atomic E-state index is 0.0633. The van der Waals surface area contributed by atoms with Crippen molar-refractivity contribution in [2.45, 2.75) is 38.3 Å². The topological polar surface area (TPSA) is 73.6 Å². The molecule has 1 fully saturated rings. The number of fused-ring (bicyclic) bond motifs is 1. The monoisotopic (exact) mass is 368 g/mol. The summed E-state index contributed by atoms with van der Waals surface area (Å²) in [6, 6.07) is 4.05. The van der Waals surface area contributed by atoms with Crippen LogP contribution in [0.2, 0.25) is 0 Å². The van der Waals surface area contributed by atoms with Crippen molar-refractivity contribution in [3.05, 3.63) is 22.2 Å². The van der Waals surface area contributed by atoms with Crippen LogP contribution in [0, 0.1) is 5.92 Å². The summed E-state index contributed by atoms with van der Waals surface area (Å²) in [6.45, 7) is 1.59. The van der Waals surface area contributed by atoms with Crippen LogP contribution in [-0.2, 0) is 11.3 Å². The number of carbonyl (C=O) groups excluding carboxylic acids is 1. The van der Waals surface area contributed by atoms with Crippen molar-refractivity contribution >= 4 is 21.8 Å². The maximum absolute atomic E-state index is 12.1. The highest BCUT2D eigenvalue weighted by atomic mass is 79.9. The third-order valence-corrected chi connectivity index (χ3v) is 4.90. The van der Waals surface area contributed by atoms with Crippen molar-refractivity contribution < 1.29 is 14.3 Å². The van der Waals surface area contributed by atoms with Gasteiger partial charge in [0.1, 0.15) is 13.2 Å². The van der Waals surface area contributed by atoms with Crippen LogP contribution < -0.4 is 20.5 Å². The van der Waals surface area contributed by atoms with Crippen LogP contribution in [0.3, 0.4) is 0 Å². The number of nitrogens with one attached hydrogen (secondary N) is 1. The lowest BCUT2D eigenvalue weighted by Crippen LogP contribution is -2.31. The maximum atomic E-state index is 12.1. The van der Waals surface area contributed by atoms with E-state index in [9.17, 15) is 4.79 Å². The van der Waals surface area contributed by atoms with E-state index < -0.39 is 0 Å². The average Bonchev–Trinajstić information content (AvgIpc) is 2.90. The van der Waals surface area contributed by atoms with E-state index in [-0.39, 0.29) is 11.9 Å². The summed E-state index contributed by atoms with van der Waals surface area (Å²) >= 11 is 3.48. The van der Waals surface area contributed by atoms with E-state index >= 15 is 0 Å². The fourth-order valence-electron chi connectivity index (χ4n) is 3.10. The molecule has 1 aromatic carbocycles. The van der Waals surface area contributed by atoms with E-state index in [2.05, 4.69) is 21.2 Å². The molecule has 1 aliphatic heterocycles. The largest absolute Gasteiger partial charge is 0.486 e. The van der Waals surface area contributed by atoms with Gasteiger partial charge < -0.3 is 20.5 Å². The van der Waals surface area contributed by atoms with Crippen LogP contribution in [0.15, 0.2) is 16.6 Å². The fourth-order valence-corrected chi connectivity index (χ4v) is 3.70. The molecule has 0 bridgehead atoms. The van der Waals surface area contributed by atoms with Crippen molar-refractivity contribution in [2.24, 2.45) is 11.7 Å². The number of carbonyl (C=O) groups is 1. The molecule has 1 aromatic rings. The van der Waals surface area contributed by atoms with E-state index in [1.807, 2.05) is 12.1 Å². The Bertz CT molecular complexity index is 565. The van der Waals surface area contributed by atoms with Crippen molar-refractivity contribution in [3.8, 4) is 11.5 Å². The van der Waals surface area contributed by atoms with Crippen LogP contribution in [0.5, 0.6) is 11.5 Å². The first-order valence-electron chi connectivity index (χ1n) is 7.74. The Morgan fingerprint density at radius 1 is 1.32 bits per heavy atom. The van der Waals surface area contributed by atoms with Gasteiger partial charge in [-0.15, -0.1) is 0 Å². The van der Waals surface area contributed by atoms with Crippen LogP contribution in [0.4, 0.5) is 0 Å². The molecule has 6 heteroatoms. The zero-order valence-electron chi connectivity index (χ0n) is 12.4. The Morgan fingerprint density at radius 2 is 2.14 bits per heavy atom. The summed E-state index contributed by atoms with van der Waals surface area (Å²) in [5.41, 5.74) is 7.00. The maximum Gasteiger partial charge on any atom is 0.220 e. The Kier molecular flexibility index (Phi) is 4.88. The lowest BCUT2D eigenvalue weighted by atomic mass is 10.00. The minimum absolute atomic E-state index is 0.0633. The van der Waals surface area contributed by atoms with Gasteiger partial charge in [-0.2, -0.15) is 0 Å². The predicted octanol–water partition coefficient (Wildman–Crippen LogP) is 2.35. The average molecular weight is 369 g/mol. The van der Waals surface area contributed by atoms with E-state index in [0.717, 1.165) is 40.8 Å². The van der Waals surface area contributed by atoms with Gasteiger partial charge in [0.2, 0.25) is 5.91 Å². The molecule has 1 aliphatic carbocycles. The summed E-state index contributed by atoms with van der Waals surface area (Å²) in [4.78, 5) is 12.1. The standard InChI is InChI=1S/C16H21BrN2O3/c17-12-6-10(7-14-16(12)22-5-4-21-14)9-19-15(20)8-11-2-1-3-13(11)18/h6-7,11,13H,1-5,8-9,18H2,(H,19,20)/t11-,13+/m0/s1. The van der Waals surface area contributed by atoms with Gasteiger partial charge in [0.15, 0.2) is 11.5 Å². The first-order valence-corrected chi connectivity index (χ1v) is 8.53. The number of hydrogen-bond acceptors (Lipinski definition) is 4. The number of rotatable bonds is 4. The number of nitrogens with two attached hydrogens (primary N) is 1. The molecule has 2 aliphatic rings. The smallest absolute Gasteiger partial charge is 0.220 e. The Morgan fingerprint density at radius 3 is 2.91 bits per heavy atom. The second kappa shape index (κ2) is 6.87. The van der Waals surface area contributed by atoms with Gasteiger partial charge in [0, 0.05) is 19.0 Å². The molecular weight excluding hydrogens is 348 g/mol. The molecule has 1 amide bonds. The van der Waals surface area contributed by atoms with E-state index in [0.29, 0.717) is 32.1 Å². The molecule has 22 heavy (non-hydrogen) atoms. The van der Waals surface area contributed by atoms with Crippen molar-refractivity contribution in [3.63, 3.8) is 0 Å². The van der Waals surface area contributed by atoms with Crippen LogP contribution in [-0.4, -0.2) is 25.2 Å². The molecular formula is C16H21BrN2O3. The van der Waals surface area contributed by atoms with Crippen LogP contribution in [0.25, 0.3) is 0 Å². The molecule has 3 N–H and O–H groups in total. The normalized spacial score (nSPS) is 23.4. The van der Waals surface area contributed by atoms with Gasteiger partial charge in [0.05, 0.1) is 4.47 Å². The summed E-state index contributed by atoms with van der Waals surface area (Å²) in [5, 5.41) is 2.97. The second-order valence-electron chi connectivity index (χ2n) is 5.94. The van der Waals surface area contributed by atoms with Crippen LogP contribution >= 0.6 is 15.9 Å². The molecule has 5 nitrogen and oxygen atoms in total. The quantitative estimate of drug-likeness (QED) is 0.855. The molecule has 3 rings (SSSR count). The molecule has 0 unspecified atom stereocenters. The lowest BCUT2D eigenvalue weighted by Gasteiger charge is -2.20. The van der Waals surface area contributed by atoms with Crippen molar-refractivity contribution in [1.82, 2.24) is 5.32 Å². The molecule has 0 saturated heterocycles. The highest BCUT2D eigenvalue weighted by Gasteiger charge is 2.26. The number of ether oxygens (including phenoxy) is 2. The van der Waals surface area contributed by atoms with Gasteiger partial charge in [-0.3, -0.25) is 4.79 Å².